The smallest absolute Gasteiger partial charge is 0.193 e. The Morgan fingerprint density at radius 1 is 1.39 bits per heavy atom. The molecule has 1 aliphatic heterocycles. The van der Waals surface area contributed by atoms with Crippen molar-refractivity contribution < 1.29 is 9.53 Å². The van der Waals surface area contributed by atoms with E-state index in [1.807, 2.05) is 33.5 Å². The van der Waals surface area contributed by atoms with E-state index in [-0.39, 0.29) is 11.8 Å². The number of Topliss-reactive ketones (excluding diaryl/α,β-unsaturated/α-hetero) is 1. The molecular weight excluding hydrogens is 330 g/mol. The standard InChI is InChI=1S/C16H17N3O2S2/c20-14(15-2-1-6-22-15)8-13-11-21-5-3-18(13)9-12-10-19-4-7-23-16(19)17-12/h1-2,4,6-7,10,13H,3,5,8-9,11H2/t13-/m1/s1. The predicted octanol–water partition coefficient (Wildman–Crippen LogP) is 2.93. The Morgan fingerprint density at radius 2 is 2.35 bits per heavy atom. The average Bonchev–Trinajstić information content (AvgIpc) is 3.25. The molecule has 0 N–H and O–H groups in total. The summed E-state index contributed by atoms with van der Waals surface area (Å²) in [6, 6.07) is 3.94. The summed E-state index contributed by atoms with van der Waals surface area (Å²) in [5.41, 5.74) is 1.05. The van der Waals surface area contributed by atoms with Crippen molar-refractivity contribution in [2.75, 3.05) is 19.8 Å². The molecule has 0 spiro atoms. The zero-order chi connectivity index (χ0) is 15.6. The normalized spacial score (nSPS) is 19.4. The van der Waals surface area contributed by atoms with Gasteiger partial charge in [0.25, 0.3) is 0 Å². The average molecular weight is 347 g/mol. The van der Waals surface area contributed by atoms with Gasteiger partial charge in [0.2, 0.25) is 0 Å². The monoisotopic (exact) mass is 347 g/mol. The Hall–Kier alpha value is -1.54. The first-order chi connectivity index (χ1) is 11.3. The highest BCUT2D eigenvalue weighted by atomic mass is 32.1. The van der Waals surface area contributed by atoms with Gasteiger partial charge in [-0.3, -0.25) is 14.1 Å². The molecule has 1 saturated heterocycles. The Morgan fingerprint density at radius 3 is 3.17 bits per heavy atom. The second-order valence-electron chi connectivity index (χ2n) is 5.63. The molecule has 4 rings (SSSR count). The third-order valence-corrected chi connectivity index (χ3v) is 5.76. The second kappa shape index (κ2) is 6.52. The third-order valence-electron chi connectivity index (χ3n) is 4.07. The van der Waals surface area contributed by atoms with Gasteiger partial charge >= 0.3 is 0 Å². The van der Waals surface area contributed by atoms with Crippen LogP contribution in [0.5, 0.6) is 0 Å². The van der Waals surface area contributed by atoms with Crippen molar-refractivity contribution in [2.45, 2.75) is 19.0 Å². The summed E-state index contributed by atoms with van der Waals surface area (Å²) >= 11 is 3.14. The summed E-state index contributed by atoms with van der Waals surface area (Å²) < 4.78 is 7.65. The van der Waals surface area contributed by atoms with Crippen LogP contribution in [0, 0.1) is 0 Å². The van der Waals surface area contributed by atoms with Crippen LogP contribution in [0.25, 0.3) is 4.96 Å². The molecule has 0 radical (unpaired) electrons. The number of imidazole rings is 1. The van der Waals surface area contributed by atoms with E-state index in [0.29, 0.717) is 19.6 Å². The van der Waals surface area contributed by atoms with Crippen molar-refractivity contribution in [2.24, 2.45) is 0 Å². The number of thiophene rings is 1. The molecule has 1 atom stereocenters. The fraction of sp³-hybridized carbons (Fsp3) is 0.375. The van der Waals surface area contributed by atoms with Crippen LogP contribution < -0.4 is 0 Å². The second-order valence-corrected chi connectivity index (χ2v) is 7.45. The van der Waals surface area contributed by atoms with Crippen LogP contribution in [0.4, 0.5) is 0 Å². The lowest BCUT2D eigenvalue weighted by atomic mass is 10.1. The number of thiazole rings is 1. The van der Waals surface area contributed by atoms with Gasteiger partial charge in [0.15, 0.2) is 10.7 Å². The van der Waals surface area contributed by atoms with E-state index >= 15 is 0 Å². The number of morpholine rings is 1. The molecule has 3 aromatic heterocycles. The Bertz CT molecular complexity index is 765. The van der Waals surface area contributed by atoms with E-state index in [9.17, 15) is 4.79 Å². The summed E-state index contributed by atoms with van der Waals surface area (Å²) in [6.07, 6.45) is 4.59. The van der Waals surface area contributed by atoms with Gasteiger partial charge < -0.3 is 4.74 Å². The quantitative estimate of drug-likeness (QED) is 0.666. The van der Waals surface area contributed by atoms with Gasteiger partial charge in [-0.2, -0.15) is 0 Å². The number of carbonyl (C=O) groups is 1. The number of hydrogen-bond donors (Lipinski definition) is 0. The first-order valence-corrected chi connectivity index (χ1v) is 9.35. The summed E-state index contributed by atoms with van der Waals surface area (Å²) in [4.78, 5) is 21.2. The van der Waals surface area contributed by atoms with E-state index in [2.05, 4.69) is 16.1 Å². The molecule has 0 saturated carbocycles. The van der Waals surface area contributed by atoms with Crippen molar-refractivity contribution in [3.8, 4) is 0 Å². The molecule has 7 heteroatoms. The van der Waals surface area contributed by atoms with E-state index in [1.165, 1.54) is 11.3 Å². The molecule has 0 unspecified atom stereocenters. The molecule has 0 bridgehead atoms. The van der Waals surface area contributed by atoms with E-state index in [1.54, 1.807) is 11.3 Å². The molecule has 0 aliphatic carbocycles. The fourth-order valence-electron chi connectivity index (χ4n) is 2.90. The van der Waals surface area contributed by atoms with Crippen molar-refractivity contribution >= 4 is 33.4 Å². The minimum absolute atomic E-state index is 0.123. The van der Waals surface area contributed by atoms with Gasteiger partial charge in [-0.15, -0.1) is 22.7 Å². The third kappa shape index (κ3) is 3.23. The topological polar surface area (TPSA) is 46.8 Å². The summed E-state index contributed by atoms with van der Waals surface area (Å²) in [5.74, 6) is 0.200. The minimum Gasteiger partial charge on any atom is -0.378 e. The Kier molecular flexibility index (Phi) is 4.26. The maximum Gasteiger partial charge on any atom is 0.193 e. The number of ketones is 1. The highest BCUT2D eigenvalue weighted by Gasteiger charge is 2.26. The Labute approximate surface area is 142 Å². The van der Waals surface area contributed by atoms with Crippen molar-refractivity contribution in [1.82, 2.24) is 14.3 Å². The number of nitrogens with zero attached hydrogens (tertiary/aromatic N) is 3. The fourth-order valence-corrected chi connectivity index (χ4v) is 4.29. The number of rotatable bonds is 5. The lowest BCUT2D eigenvalue weighted by Gasteiger charge is -2.34. The van der Waals surface area contributed by atoms with Crippen molar-refractivity contribution in [3.05, 3.63) is 45.9 Å². The molecular formula is C16H17N3O2S2. The molecule has 3 aromatic rings. The molecule has 1 fully saturated rings. The van der Waals surface area contributed by atoms with Crippen molar-refractivity contribution in [1.29, 1.82) is 0 Å². The molecule has 1 aliphatic rings. The number of carbonyl (C=O) groups excluding carboxylic acids is 1. The maximum absolute atomic E-state index is 12.4. The van der Waals surface area contributed by atoms with Crippen LogP contribution in [-0.4, -0.2) is 45.9 Å². The van der Waals surface area contributed by atoms with E-state index in [0.717, 1.165) is 28.6 Å². The number of aromatic nitrogens is 2. The Balaban J connectivity index is 1.46. The largest absolute Gasteiger partial charge is 0.378 e. The highest BCUT2D eigenvalue weighted by Crippen LogP contribution is 2.20. The van der Waals surface area contributed by atoms with Crippen LogP contribution in [0.3, 0.4) is 0 Å². The highest BCUT2D eigenvalue weighted by molar-refractivity contribution is 7.15. The van der Waals surface area contributed by atoms with Gasteiger partial charge in [0, 0.05) is 43.3 Å². The van der Waals surface area contributed by atoms with Crippen molar-refractivity contribution in [3.63, 3.8) is 0 Å². The molecule has 120 valence electrons. The van der Waals surface area contributed by atoms with Crippen LogP contribution in [-0.2, 0) is 11.3 Å². The summed E-state index contributed by atoms with van der Waals surface area (Å²) in [5, 5.41) is 3.98. The molecule has 4 heterocycles. The van der Waals surface area contributed by atoms with Gasteiger partial charge in [-0.05, 0) is 11.4 Å². The number of fused-ring (bicyclic) bond motifs is 1. The lowest BCUT2D eigenvalue weighted by molar-refractivity contribution is -0.0130. The van der Waals surface area contributed by atoms with Gasteiger partial charge in [0.05, 0.1) is 23.8 Å². The molecule has 5 nitrogen and oxygen atoms in total. The molecule has 0 aromatic carbocycles. The predicted molar refractivity (Wildman–Crippen MR) is 91.4 cm³/mol. The van der Waals surface area contributed by atoms with Gasteiger partial charge in [-0.1, -0.05) is 6.07 Å². The van der Waals surface area contributed by atoms with Crippen LogP contribution >= 0.6 is 22.7 Å². The van der Waals surface area contributed by atoms with Crippen LogP contribution in [0.15, 0.2) is 35.3 Å². The van der Waals surface area contributed by atoms with Gasteiger partial charge in [0.1, 0.15) is 0 Å². The zero-order valence-electron chi connectivity index (χ0n) is 12.6. The van der Waals surface area contributed by atoms with Crippen LogP contribution in [0.2, 0.25) is 0 Å². The zero-order valence-corrected chi connectivity index (χ0v) is 14.2. The first-order valence-electron chi connectivity index (χ1n) is 7.59. The maximum atomic E-state index is 12.4. The summed E-state index contributed by atoms with van der Waals surface area (Å²) in [6.45, 7) is 2.93. The lowest BCUT2D eigenvalue weighted by Crippen LogP contribution is -2.45. The van der Waals surface area contributed by atoms with Gasteiger partial charge in [-0.25, -0.2) is 4.98 Å². The molecule has 23 heavy (non-hydrogen) atoms. The summed E-state index contributed by atoms with van der Waals surface area (Å²) in [7, 11) is 0. The number of ether oxygens (including phenoxy) is 1. The number of hydrogen-bond acceptors (Lipinski definition) is 6. The first kappa shape index (κ1) is 15.0. The molecule has 0 amide bonds. The SMILES string of the molecule is O=C(C[C@@H]1COCCN1Cc1cn2ccsc2n1)c1cccs1. The van der Waals surface area contributed by atoms with E-state index < -0.39 is 0 Å². The minimum atomic E-state index is 0.123. The van der Waals surface area contributed by atoms with E-state index in [4.69, 9.17) is 4.74 Å². The van der Waals surface area contributed by atoms with Crippen LogP contribution in [0.1, 0.15) is 21.8 Å².